The third-order valence-corrected chi connectivity index (χ3v) is 5.72. The van der Waals surface area contributed by atoms with Crippen molar-refractivity contribution in [2.45, 2.75) is 18.9 Å². The Morgan fingerprint density at radius 2 is 1.52 bits per heavy atom. The van der Waals surface area contributed by atoms with Gasteiger partial charge in [0, 0.05) is 31.9 Å². The van der Waals surface area contributed by atoms with Crippen LogP contribution in [0.5, 0.6) is 0 Å². The third-order valence-electron chi connectivity index (χ3n) is 5.72. The van der Waals surface area contributed by atoms with Gasteiger partial charge in [0.05, 0.1) is 17.5 Å². The number of para-hydroxylation sites is 1. The zero-order chi connectivity index (χ0) is 23.7. The zero-order valence-corrected chi connectivity index (χ0v) is 17.5. The largest absolute Gasteiger partial charge is 0.441 e. The third kappa shape index (κ3) is 4.64. The minimum Gasteiger partial charge on any atom is -0.441 e. The van der Waals surface area contributed by atoms with Crippen LogP contribution in [0.4, 0.5) is 28.0 Å². The molecular formula is C23H21F4N3O3. The minimum atomic E-state index is -1.92. The Labute approximate surface area is 187 Å². The Balaban J connectivity index is 1.53. The lowest BCUT2D eigenvalue weighted by atomic mass is 9.99. The average molecular weight is 463 g/mol. The zero-order valence-electron chi connectivity index (χ0n) is 17.5. The number of carbonyl (C=O) groups is 2. The number of piperazine rings is 1. The number of amides is 2. The lowest BCUT2D eigenvalue weighted by Crippen LogP contribution is -2.49. The molecule has 4 rings (SSSR count). The van der Waals surface area contributed by atoms with Gasteiger partial charge in [0.1, 0.15) is 6.10 Å². The summed E-state index contributed by atoms with van der Waals surface area (Å²) < 4.78 is 63.2. The maximum absolute atomic E-state index is 14.8. The van der Waals surface area contributed by atoms with Gasteiger partial charge in [-0.3, -0.25) is 4.79 Å². The number of nitrogens with two attached hydrogens (primary N) is 1. The summed E-state index contributed by atoms with van der Waals surface area (Å²) in [6, 6.07) is 9.55. The van der Waals surface area contributed by atoms with Gasteiger partial charge >= 0.3 is 6.09 Å². The molecule has 0 aromatic heterocycles. The summed E-state index contributed by atoms with van der Waals surface area (Å²) in [4.78, 5) is 27.7. The summed E-state index contributed by atoms with van der Waals surface area (Å²) >= 11 is 0. The standard InChI is InChI=1S/C23H21F4N3O3/c24-19-17(13-6-7-13)20(25)22(27)18(21(19)26)15(33-23(28)32)12-16(31)30-10-8-29(9-11-30)14-4-2-1-3-5-14/h1-6,15H,7-12H2,(H2,28,32). The monoisotopic (exact) mass is 463 g/mol. The molecule has 1 aliphatic heterocycles. The van der Waals surface area contributed by atoms with Gasteiger partial charge in [-0.15, -0.1) is 0 Å². The Kier molecular flexibility index (Phi) is 6.26. The fourth-order valence-corrected chi connectivity index (χ4v) is 3.95. The van der Waals surface area contributed by atoms with Gasteiger partial charge in [0.15, 0.2) is 23.3 Å². The van der Waals surface area contributed by atoms with Crippen molar-refractivity contribution in [3.63, 3.8) is 0 Å². The summed E-state index contributed by atoms with van der Waals surface area (Å²) in [5, 5.41) is 0. The quantitative estimate of drug-likeness (QED) is 0.521. The topological polar surface area (TPSA) is 75.9 Å². The van der Waals surface area contributed by atoms with Gasteiger partial charge in [-0.25, -0.2) is 22.4 Å². The lowest BCUT2D eigenvalue weighted by Gasteiger charge is -2.36. The highest BCUT2D eigenvalue weighted by Crippen LogP contribution is 2.40. The Hall–Kier alpha value is -3.56. The Bertz CT molecular complexity index is 1090. The molecule has 2 aromatic rings. The van der Waals surface area contributed by atoms with Gasteiger partial charge in [-0.2, -0.15) is 0 Å². The Morgan fingerprint density at radius 1 is 0.939 bits per heavy atom. The Morgan fingerprint density at radius 3 is 2.03 bits per heavy atom. The highest BCUT2D eigenvalue weighted by molar-refractivity contribution is 5.79. The number of halogens is 4. The van der Waals surface area contributed by atoms with Crippen LogP contribution in [-0.4, -0.2) is 43.1 Å². The van der Waals surface area contributed by atoms with Crippen molar-refractivity contribution in [1.29, 1.82) is 0 Å². The summed E-state index contributed by atoms with van der Waals surface area (Å²) in [5.74, 6) is -7.24. The van der Waals surface area contributed by atoms with Crippen molar-refractivity contribution < 1.29 is 31.9 Å². The summed E-state index contributed by atoms with van der Waals surface area (Å²) in [6.07, 6.45) is -2.46. The molecule has 1 heterocycles. The van der Waals surface area contributed by atoms with E-state index in [0.717, 1.165) is 5.69 Å². The maximum atomic E-state index is 14.8. The molecule has 2 N–H and O–H groups in total. The number of carbonyl (C=O) groups excluding carboxylic acids is 2. The first kappa shape index (κ1) is 22.6. The van der Waals surface area contributed by atoms with Crippen LogP contribution < -0.4 is 10.6 Å². The van der Waals surface area contributed by atoms with Crippen LogP contribution in [0.15, 0.2) is 36.4 Å². The SMILES string of the molecule is NC(=O)OC(CC(=O)N1CCN(c2ccccc2)CC1)c1c(F)c(F)c(C2=CC2)c(F)c1F. The molecule has 1 fully saturated rings. The van der Waals surface area contributed by atoms with Crippen LogP contribution in [0.2, 0.25) is 0 Å². The van der Waals surface area contributed by atoms with Crippen LogP contribution in [-0.2, 0) is 9.53 Å². The van der Waals surface area contributed by atoms with E-state index in [1.165, 1.54) is 11.0 Å². The molecule has 1 saturated heterocycles. The molecule has 2 amide bonds. The predicted octanol–water partition coefficient (Wildman–Crippen LogP) is 3.91. The lowest BCUT2D eigenvalue weighted by molar-refractivity contribution is -0.133. The summed E-state index contributed by atoms with van der Waals surface area (Å²) in [5.41, 5.74) is 4.15. The van der Waals surface area contributed by atoms with E-state index >= 15 is 0 Å². The fourth-order valence-electron chi connectivity index (χ4n) is 3.95. The average Bonchev–Trinajstić information content (AvgIpc) is 3.63. The second kappa shape index (κ2) is 9.13. The number of primary amides is 1. The van der Waals surface area contributed by atoms with E-state index < -0.39 is 58.9 Å². The number of rotatable bonds is 6. The number of hydrogen-bond acceptors (Lipinski definition) is 4. The number of ether oxygens (including phenoxy) is 1. The van der Waals surface area contributed by atoms with Gasteiger partial charge in [0.25, 0.3) is 0 Å². The van der Waals surface area contributed by atoms with Crippen LogP contribution >= 0.6 is 0 Å². The number of anilines is 1. The van der Waals surface area contributed by atoms with Crippen molar-refractivity contribution in [3.8, 4) is 0 Å². The van der Waals surface area contributed by atoms with E-state index in [2.05, 4.69) is 4.90 Å². The first-order chi connectivity index (χ1) is 15.8. The smallest absolute Gasteiger partial charge is 0.405 e. The molecule has 174 valence electrons. The van der Waals surface area contributed by atoms with Gasteiger partial charge < -0.3 is 20.3 Å². The number of hydrogen-bond donors (Lipinski definition) is 1. The number of benzene rings is 2. The molecule has 2 aromatic carbocycles. The summed E-state index contributed by atoms with van der Waals surface area (Å²) in [6.45, 7) is 1.62. The number of nitrogens with zero attached hydrogens (tertiary/aromatic N) is 2. The van der Waals surface area contributed by atoms with E-state index in [9.17, 15) is 27.2 Å². The molecule has 1 aliphatic carbocycles. The van der Waals surface area contributed by atoms with Crippen molar-refractivity contribution in [3.05, 3.63) is 70.8 Å². The van der Waals surface area contributed by atoms with Crippen LogP contribution in [0.1, 0.15) is 30.1 Å². The highest BCUT2D eigenvalue weighted by atomic mass is 19.2. The van der Waals surface area contributed by atoms with E-state index in [0.29, 0.717) is 26.2 Å². The first-order valence-electron chi connectivity index (χ1n) is 10.4. The van der Waals surface area contributed by atoms with E-state index in [1.54, 1.807) is 0 Å². The molecule has 1 atom stereocenters. The second-order valence-corrected chi connectivity index (χ2v) is 7.81. The van der Waals surface area contributed by atoms with E-state index in [4.69, 9.17) is 10.5 Å². The highest BCUT2D eigenvalue weighted by Gasteiger charge is 2.36. The molecule has 0 saturated carbocycles. The molecule has 10 heteroatoms. The van der Waals surface area contributed by atoms with Crippen LogP contribution in [0, 0.1) is 23.3 Å². The first-order valence-corrected chi connectivity index (χ1v) is 10.4. The summed E-state index contributed by atoms with van der Waals surface area (Å²) in [7, 11) is 0. The van der Waals surface area contributed by atoms with Crippen LogP contribution in [0.3, 0.4) is 0 Å². The molecule has 0 spiro atoms. The fraction of sp³-hybridized carbons (Fsp3) is 0.304. The molecule has 6 nitrogen and oxygen atoms in total. The van der Waals surface area contributed by atoms with Crippen LogP contribution in [0.25, 0.3) is 5.57 Å². The normalized spacial score (nSPS) is 16.3. The maximum Gasteiger partial charge on any atom is 0.405 e. The van der Waals surface area contributed by atoms with Crippen molar-refractivity contribution >= 4 is 23.3 Å². The molecule has 33 heavy (non-hydrogen) atoms. The van der Waals surface area contributed by atoms with Gasteiger partial charge in [0.2, 0.25) is 5.91 Å². The second-order valence-electron chi connectivity index (χ2n) is 7.81. The molecular weight excluding hydrogens is 442 g/mol. The molecule has 2 aliphatic rings. The van der Waals surface area contributed by atoms with Gasteiger partial charge in [-0.05, 0) is 24.1 Å². The van der Waals surface area contributed by atoms with Crippen molar-refractivity contribution in [2.24, 2.45) is 5.73 Å². The van der Waals surface area contributed by atoms with Crippen molar-refractivity contribution in [1.82, 2.24) is 4.90 Å². The molecule has 0 radical (unpaired) electrons. The molecule has 1 unspecified atom stereocenters. The van der Waals surface area contributed by atoms with Gasteiger partial charge in [-0.1, -0.05) is 24.3 Å². The predicted molar refractivity (Wildman–Crippen MR) is 112 cm³/mol. The molecule has 0 bridgehead atoms. The number of allylic oxidation sites excluding steroid dienone is 2. The van der Waals surface area contributed by atoms with E-state index in [-0.39, 0.29) is 12.0 Å². The minimum absolute atomic E-state index is 0.133. The van der Waals surface area contributed by atoms with E-state index in [1.807, 2.05) is 30.3 Å². The van der Waals surface area contributed by atoms with Crippen molar-refractivity contribution in [2.75, 3.05) is 31.1 Å².